The maximum atomic E-state index is 12.2. The first-order valence-electron chi connectivity index (χ1n) is 7.41. The Labute approximate surface area is 143 Å². The summed E-state index contributed by atoms with van der Waals surface area (Å²) in [6.07, 6.45) is -1.52. The van der Waals surface area contributed by atoms with Gasteiger partial charge in [-0.2, -0.15) is 5.01 Å². The molecule has 0 aromatic heterocycles. The number of benzene rings is 1. The van der Waals surface area contributed by atoms with E-state index in [4.69, 9.17) is 9.47 Å². The van der Waals surface area contributed by atoms with E-state index in [2.05, 4.69) is 5.43 Å². The SMILES string of the molecule is CCOC(=O)NN(C(=O)OCC)C(C)(C=O)c1ccc([N+](=O)[O-])cc1. The quantitative estimate of drug-likeness (QED) is 0.471. The summed E-state index contributed by atoms with van der Waals surface area (Å²) in [6, 6.07) is 4.99. The topological polar surface area (TPSA) is 128 Å². The van der Waals surface area contributed by atoms with E-state index in [1.165, 1.54) is 31.2 Å². The number of nitro groups is 1. The van der Waals surface area contributed by atoms with E-state index >= 15 is 0 Å². The van der Waals surface area contributed by atoms with Crippen LogP contribution in [0.25, 0.3) is 0 Å². The molecule has 0 aliphatic rings. The largest absolute Gasteiger partial charge is 0.449 e. The molecule has 0 radical (unpaired) electrons. The van der Waals surface area contributed by atoms with Crippen LogP contribution in [0.4, 0.5) is 15.3 Å². The number of hydrogen-bond acceptors (Lipinski definition) is 7. The second-order valence-electron chi connectivity index (χ2n) is 4.94. The zero-order valence-electron chi connectivity index (χ0n) is 14.1. The molecule has 1 atom stereocenters. The van der Waals surface area contributed by atoms with E-state index < -0.39 is 22.6 Å². The number of ether oxygens (including phenoxy) is 2. The minimum atomic E-state index is -1.67. The summed E-state index contributed by atoms with van der Waals surface area (Å²) >= 11 is 0. The number of hydrogen-bond donors (Lipinski definition) is 1. The number of non-ortho nitro benzene ring substituents is 1. The maximum absolute atomic E-state index is 12.2. The van der Waals surface area contributed by atoms with Crippen molar-refractivity contribution in [3.63, 3.8) is 0 Å². The van der Waals surface area contributed by atoms with Gasteiger partial charge in [0.15, 0.2) is 6.29 Å². The predicted molar refractivity (Wildman–Crippen MR) is 85.5 cm³/mol. The zero-order chi connectivity index (χ0) is 19.0. The van der Waals surface area contributed by atoms with E-state index in [-0.39, 0.29) is 24.5 Å². The van der Waals surface area contributed by atoms with Gasteiger partial charge in [0, 0.05) is 12.1 Å². The van der Waals surface area contributed by atoms with Crippen molar-refractivity contribution < 1.29 is 28.8 Å². The van der Waals surface area contributed by atoms with Crippen molar-refractivity contribution in [1.82, 2.24) is 10.4 Å². The van der Waals surface area contributed by atoms with Crippen molar-refractivity contribution in [2.75, 3.05) is 13.2 Å². The van der Waals surface area contributed by atoms with Gasteiger partial charge in [-0.1, -0.05) is 0 Å². The molecule has 0 spiro atoms. The molecule has 0 aliphatic heterocycles. The lowest BCUT2D eigenvalue weighted by Gasteiger charge is -2.35. The van der Waals surface area contributed by atoms with Crippen LogP contribution in [0.15, 0.2) is 24.3 Å². The average Bonchev–Trinajstić information content (AvgIpc) is 2.59. The summed E-state index contributed by atoms with van der Waals surface area (Å²) in [4.78, 5) is 45.8. The van der Waals surface area contributed by atoms with Crippen LogP contribution in [0.5, 0.6) is 0 Å². The first kappa shape index (κ1) is 19.9. The van der Waals surface area contributed by atoms with Gasteiger partial charge >= 0.3 is 12.2 Å². The Morgan fingerprint density at radius 3 is 2.24 bits per heavy atom. The van der Waals surface area contributed by atoms with Crippen molar-refractivity contribution in [2.24, 2.45) is 0 Å². The minimum Gasteiger partial charge on any atom is -0.449 e. The number of rotatable bonds is 6. The Hall–Kier alpha value is -3.17. The van der Waals surface area contributed by atoms with Crippen LogP contribution in [-0.2, 0) is 19.8 Å². The van der Waals surface area contributed by atoms with E-state index in [1.807, 2.05) is 0 Å². The van der Waals surface area contributed by atoms with E-state index in [1.54, 1.807) is 13.8 Å². The van der Waals surface area contributed by atoms with Gasteiger partial charge in [0.2, 0.25) is 0 Å². The van der Waals surface area contributed by atoms with Gasteiger partial charge in [-0.15, -0.1) is 0 Å². The number of nitrogens with zero attached hydrogens (tertiary/aromatic N) is 2. The van der Waals surface area contributed by atoms with E-state index in [0.29, 0.717) is 11.3 Å². The molecule has 0 bridgehead atoms. The second-order valence-corrected chi connectivity index (χ2v) is 4.94. The molecule has 10 heteroatoms. The third kappa shape index (κ3) is 4.66. The van der Waals surface area contributed by atoms with Gasteiger partial charge in [0.25, 0.3) is 5.69 Å². The van der Waals surface area contributed by atoms with E-state index in [0.717, 1.165) is 0 Å². The third-order valence-electron chi connectivity index (χ3n) is 3.29. The lowest BCUT2D eigenvalue weighted by Crippen LogP contribution is -2.58. The fourth-order valence-corrected chi connectivity index (χ4v) is 1.96. The normalized spacial score (nSPS) is 12.4. The zero-order valence-corrected chi connectivity index (χ0v) is 14.1. The highest BCUT2D eigenvalue weighted by molar-refractivity contribution is 5.80. The molecule has 0 fully saturated rings. The molecule has 136 valence electrons. The number of aldehydes is 1. The van der Waals surface area contributed by atoms with Gasteiger partial charge in [-0.25, -0.2) is 15.0 Å². The molecule has 1 N–H and O–H groups in total. The molecule has 0 saturated heterocycles. The number of nitro benzene ring substituents is 1. The van der Waals surface area contributed by atoms with Gasteiger partial charge in [0.05, 0.1) is 18.1 Å². The van der Waals surface area contributed by atoms with E-state index in [9.17, 15) is 24.5 Å². The molecule has 1 rings (SSSR count). The van der Waals surface area contributed by atoms with Crippen molar-refractivity contribution in [3.8, 4) is 0 Å². The Balaban J connectivity index is 3.27. The standard InChI is InChI=1S/C15H19N3O7/c1-4-24-13(20)16-17(14(21)25-5-2)15(3,10-19)11-6-8-12(9-7-11)18(22)23/h6-10H,4-5H2,1-3H3,(H,16,20). The van der Waals surface area contributed by atoms with Crippen LogP contribution in [0.1, 0.15) is 26.3 Å². The van der Waals surface area contributed by atoms with Gasteiger partial charge in [-0.3, -0.25) is 10.1 Å². The molecule has 0 saturated carbocycles. The molecule has 1 aromatic rings. The van der Waals surface area contributed by atoms with Crippen LogP contribution in [0, 0.1) is 10.1 Å². The summed E-state index contributed by atoms with van der Waals surface area (Å²) in [5.74, 6) is 0. The molecular weight excluding hydrogens is 334 g/mol. The summed E-state index contributed by atoms with van der Waals surface area (Å²) < 4.78 is 9.59. The lowest BCUT2D eigenvalue weighted by atomic mass is 9.93. The number of amides is 2. The summed E-state index contributed by atoms with van der Waals surface area (Å²) in [7, 11) is 0. The van der Waals surface area contributed by atoms with Crippen molar-refractivity contribution in [3.05, 3.63) is 39.9 Å². The molecular formula is C15H19N3O7. The minimum absolute atomic E-state index is 0.00897. The molecule has 0 aliphatic carbocycles. The average molecular weight is 353 g/mol. The van der Waals surface area contributed by atoms with Crippen LogP contribution < -0.4 is 5.43 Å². The molecule has 25 heavy (non-hydrogen) atoms. The van der Waals surface area contributed by atoms with Crippen LogP contribution in [0.3, 0.4) is 0 Å². The van der Waals surface area contributed by atoms with Gasteiger partial charge < -0.3 is 14.3 Å². The summed E-state index contributed by atoms with van der Waals surface area (Å²) in [5.41, 5.74) is 0.542. The molecule has 10 nitrogen and oxygen atoms in total. The number of nitrogens with one attached hydrogen (secondary N) is 1. The first-order valence-corrected chi connectivity index (χ1v) is 7.41. The van der Waals surface area contributed by atoms with Crippen molar-refractivity contribution in [1.29, 1.82) is 0 Å². The van der Waals surface area contributed by atoms with Gasteiger partial charge in [0.1, 0.15) is 5.54 Å². The molecule has 1 unspecified atom stereocenters. The van der Waals surface area contributed by atoms with Gasteiger partial charge in [-0.05, 0) is 38.5 Å². The van der Waals surface area contributed by atoms with Crippen molar-refractivity contribution >= 4 is 24.2 Å². The third-order valence-corrected chi connectivity index (χ3v) is 3.29. The lowest BCUT2D eigenvalue weighted by molar-refractivity contribution is -0.384. The Bertz CT molecular complexity index is 647. The molecule has 0 heterocycles. The summed E-state index contributed by atoms with van der Waals surface area (Å²) in [5, 5.41) is 11.4. The fourth-order valence-electron chi connectivity index (χ4n) is 1.96. The number of carbonyl (C=O) groups is 3. The second kappa shape index (κ2) is 8.62. The number of carbonyl (C=O) groups excluding carboxylic acids is 3. The monoisotopic (exact) mass is 353 g/mol. The highest BCUT2D eigenvalue weighted by Gasteiger charge is 2.40. The number of hydrazine groups is 1. The van der Waals surface area contributed by atoms with Crippen molar-refractivity contribution in [2.45, 2.75) is 26.3 Å². The highest BCUT2D eigenvalue weighted by Crippen LogP contribution is 2.27. The molecule has 2 amide bonds. The predicted octanol–water partition coefficient (Wildman–Crippen LogP) is 2.13. The Morgan fingerprint density at radius 2 is 1.80 bits per heavy atom. The fraction of sp³-hybridized carbons (Fsp3) is 0.400. The smallest absolute Gasteiger partial charge is 0.430 e. The first-order chi connectivity index (χ1) is 11.8. The summed E-state index contributed by atoms with van der Waals surface area (Å²) in [6.45, 7) is 4.55. The van der Waals surface area contributed by atoms with Crippen LogP contribution in [-0.4, -0.2) is 41.6 Å². The van der Waals surface area contributed by atoms with Crippen LogP contribution >= 0.6 is 0 Å². The van der Waals surface area contributed by atoms with Crippen LogP contribution in [0.2, 0.25) is 0 Å². The Morgan fingerprint density at radius 1 is 1.24 bits per heavy atom. The molecule has 1 aromatic carbocycles. The Kier molecular flexibility index (Phi) is 6.85. The highest BCUT2D eigenvalue weighted by atomic mass is 16.6. The maximum Gasteiger partial charge on any atom is 0.430 e.